The molecule has 0 unspecified atom stereocenters. The SMILES string of the molecule is C1=N\CCCC2CC(CCC/1)C2. The van der Waals surface area contributed by atoms with Crippen molar-refractivity contribution in [2.75, 3.05) is 6.54 Å². The van der Waals surface area contributed by atoms with Gasteiger partial charge in [0.15, 0.2) is 0 Å². The van der Waals surface area contributed by atoms with E-state index in [1.54, 1.807) is 0 Å². The first-order valence-electron chi connectivity index (χ1n) is 5.43. The Hall–Kier alpha value is -0.330. The molecule has 2 bridgehead atoms. The van der Waals surface area contributed by atoms with Gasteiger partial charge in [-0.1, -0.05) is 6.42 Å². The second kappa shape index (κ2) is 4.06. The van der Waals surface area contributed by atoms with Gasteiger partial charge in [0.05, 0.1) is 0 Å². The molecule has 2 heterocycles. The van der Waals surface area contributed by atoms with Crippen LogP contribution in [0.1, 0.15) is 44.9 Å². The van der Waals surface area contributed by atoms with Crippen molar-refractivity contribution in [3.63, 3.8) is 0 Å². The van der Waals surface area contributed by atoms with Gasteiger partial charge in [-0.2, -0.15) is 0 Å². The van der Waals surface area contributed by atoms with Crippen LogP contribution >= 0.6 is 0 Å². The molecule has 1 aliphatic carbocycles. The molecule has 0 aromatic rings. The van der Waals surface area contributed by atoms with Crippen LogP contribution in [0, 0.1) is 11.8 Å². The van der Waals surface area contributed by atoms with E-state index in [0.717, 1.165) is 18.4 Å². The van der Waals surface area contributed by atoms with Crippen molar-refractivity contribution in [2.24, 2.45) is 16.8 Å². The van der Waals surface area contributed by atoms with E-state index in [0.29, 0.717) is 0 Å². The van der Waals surface area contributed by atoms with Crippen LogP contribution in [-0.2, 0) is 0 Å². The van der Waals surface area contributed by atoms with Crippen molar-refractivity contribution < 1.29 is 0 Å². The van der Waals surface area contributed by atoms with Crippen molar-refractivity contribution in [3.8, 4) is 0 Å². The zero-order valence-corrected chi connectivity index (χ0v) is 7.84. The summed E-state index contributed by atoms with van der Waals surface area (Å²) in [6.45, 7) is 1.08. The maximum Gasteiger partial charge on any atom is 0.0385 e. The van der Waals surface area contributed by atoms with E-state index in [-0.39, 0.29) is 0 Å². The van der Waals surface area contributed by atoms with Crippen LogP contribution in [-0.4, -0.2) is 12.8 Å². The fraction of sp³-hybridized carbons (Fsp3) is 0.909. The molecule has 12 heavy (non-hydrogen) atoms. The first-order valence-corrected chi connectivity index (χ1v) is 5.43. The molecule has 68 valence electrons. The van der Waals surface area contributed by atoms with Gasteiger partial charge < -0.3 is 0 Å². The van der Waals surface area contributed by atoms with E-state index in [1.165, 1.54) is 44.9 Å². The summed E-state index contributed by atoms with van der Waals surface area (Å²) in [5.41, 5.74) is 0. The Morgan fingerprint density at radius 1 is 1.00 bits per heavy atom. The molecule has 2 aliphatic heterocycles. The smallest absolute Gasteiger partial charge is 0.0385 e. The number of nitrogens with zero attached hydrogens (tertiary/aromatic N) is 1. The molecule has 0 saturated heterocycles. The molecular weight excluding hydrogens is 146 g/mol. The predicted octanol–water partition coefficient (Wildman–Crippen LogP) is 3.05. The lowest BCUT2D eigenvalue weighted by Crippen LogP contribution is -2.23. The standard InChI is InChI=1S/C11H19N/c1-2-6-12-7-3-5-11-8-10(4-1)9-11/h6,10-11H,1-5,7-9H2/b12-6-. The van der Waals surface area contributed by atoms with Crippen LogP contribution < -0.4 is 0 Å². The fourth-order valence-electron chi connectivity index (χ4n) is 2.50. The van der Waals surface area contributed by atoms with Crippen molar-refractivity contribution >= 4 is 6.21 Å². The number of fused-ring (bicyclic) bond motifs is 6. The van der Waals surface area contributed by atoms with Crippen LogP contribution in [0.2, 0.25) is 0 Å². The summed E-state index contributed by atoms with van der Waals surface area (Å²) in [6, 6.07) is 0. The highest BCUT2D eigenvalue weighted by Gasteiger charge is 2.27. The lowest BCUT2D eigenvalue weighted by molar-refractivity contribution is 0.168. The minimum absolute atomic E-state index is 1.07. The second-order valence-electron chi connectivity index (χ2n) is 4.37. The molecule has 1 fully saturated rings. The van der Waals surface area contributed by atoms with Gasteiger partial charge in [0.2, 0.25) is 0 Å². The Labute approximate surface area is 75.3 Å². The molecule has 3 rings (SSSR count). The Morgan fingerprint density at radius 3 is 2.58 bits per heavy atom. The van der Waals surface area contributed by atoms with Crippen LogP contribution in [0.25, 0.3) is 0 Å². The van der Waals surface area contributed by atoms with Gasteiger partial charge in [0, 0.05) is 6.54 Å². The minimum atomic E-state index is 1.07. The van der Waals surface area contributed by atoms with Gasteiger partial charge in [0.1, 0.15) is 0 Å². The average Bonchev–Trinajstić information content (AvgIpc) is 2.07. The van der Waals surface area contributed by atoms with E-state index >= 15 is 0 Å². The summed E-state index contributed by atoms with van der Waals surface area (Å²) in [7, 11) is 0. The Morgan fingerprint density at radius 2 is 1.75 bits per heavy atom. The highest BCUT2D eigenvalue weighted by Crippen LogP contribution is 2.39. The Balaban J connectivity index is 1.79. The van der Waals surface area contributed by atoms with Crippen LogP contribution in [0.3, 0.4) is 0 Å². The average molecular weight is 165 g/mol. The summed E-state index contributed by atoms with van der Waals surface area (Å²) in [5, 5.41) is 0. The lowest BCUT2D eigenvalue weighted by Gasteiger charge is -2.35. The number of aliphatic imine (C=N–C) groups is 1. The molecule has 0 radical (unpaired) electrons. The Bertz CT molecular complexity index is 140. The first kappa shape index (κ1) is 8.28. The third-order valence-electron chi connectivity index (χ3n) is 3.31. The first-order chi connectivity index (χ1) is 5.95. The number of hydrogen-bond acceptors (Lipinski definition) is 1. The molecule has 1 heteroatoms. The van der Waals surface area contributed by atoms with E-state index in [4.69, 9.17) is 0 Å². The van der Waals surface area contributed by atoms with Crippen molar-refractivity contribution in [1.82, 2.24) is 0 Å². The maximum absolute atomic E-state index is 4.40. The van der Waals surface area contributed by atoms with Gasteiger partial charge in [-0.15, -0.1) is 0 Å². The molecule has 0 N–H and O–H groups in total. The molecular formula is C11H19N. The highest BCUT2D eigenvalue weighted by atomic mass is 14.7. The van der Waals surface area contributed by atoms with E-state index < -0.39 is 0 Å². The summed E-state index contributed by atoms with van der Waals surface area (Å²) in [4.78, 5) is 4.40. The quantitative estimate of drug-likeness (QED) is 0.523. The van der Waals surface area contributed by atoms with Gasteiger partial charge in [-0.3, -0.25) is 4.99 Å². The van der Waals surface area contributed by atoms with Crippen LogP contribution in [0.15, 0.2) is 4.99 Å². The summed E-state index contributed by atoms with van der Waals surface area (Å²) < 4.78 is 0. The summed E-state index contributed by atoms with van der Waals surface area (Å²) in [5.74, 6) is 2.16. The molecule has 1 saturated carbocycles. The molecule has 0 aromatic heterocycles. The number of rotatable bonds is 0. The molecule has 1 nitrogen and oxygen atoms in total. The molecule has 0 aromatic carbocycles. The molecule has 0 spiro atoms. The van der Waals surface area contributed by atoms with Crippen molar-refractivity contribution in [2.45, 2.75) is 44.9 Å². The molecule has 3 aliphatic rings. The third-order valence-corrected chi connectivity index (χ3v) is 3.31. The minimum Gasteiger partial charge on any atom is -0.298 e. The van der Waals surface area contributed by atoms with Crippen LogP contribution in [0.5, 0.6) is 0 Å². The lowest BCUT2D eigenvalue weighted by atomic mass is 9.71. The predicted molar refractivity (Wildman–Crippen MR) is 52.7 cm³/mol. The highest BCUT2D eigenvalue weighted by molar-refractivity contribution is 5.56. The summed E-state index contributed by atoms with van der Waals surface area (Å²) >= 11 is 0. The maximum atomic E-state index is 4.40. The van der Waals surface area contributed by atoms with Gasteiger partial charge in [-0.25, -0.2) is 0 Å². The monoisotopic (exact) mass is 165 g/mol. The van der Waals surface area contributed by atoms with E-state index in [9.17, 15) is 0 Å². The normalized spacial score (nSPS) is 39.3. The zero-order chi connectivity index (χ0) is 8.23. The zero-order valence-electron chi connectivity index (χ0n) is 7.84. The Kier molecular flexibility index (Phi) is 2.80. The van der Waals surface area contributed by atoms with E-state index in [2.05, 4.69) is 11.2 Å². The largest absolute Gasteiger partial charge is 0.298 e. The fourth-order valence-corrected chi connectivity index (χ4v) is 2.50. The van der Waals surface area contributed by atoms with E-state index in [1.807, 2.05) is 0 Å². The third kappa shape index (κ3) is 2.09. The van der Waals surface area contributed by atoms with Crippen molar-refractivity contribution in [1.29, 1.82) is 0 Å². The van der Waals surface area contributed by atoms with Crippen molar-refractivity contribution in [3.05, 3.63) is 0 Å². The molecule has 0 amide bonds. The number of hydrogen-bond donors (Lipinski definition) is 0. The van der Waals surface area contributed by atoms with Crippen LogP contribution in [0.4, 0.5) is 0 Å². The van der Waals surface area contributed by atoms with Gasteiger partial charge in [-0.05, 0) is 56.6 Å². The molecule has 0 atom stereocenters. The topological polar surface area (TPSA) is 12.4 Å². The second-order valence-corrected chi connectivity index (χ2v) is 4.37. The summed E-state index contributed by atoms with van der Waals surface area (Å²) in [6.07, 6.45) is 12.0. The van der Waals surface area contributed by atoms with Gasteiger partial charge in [0.25, 0.3) is 0 Å². The van der Waals surface area contributed by atoms with Gasteiger partial charge >= 0.3 is 0 Å².